The van der Waals surface area contributed by atoms with Crippen LogP contribution in [0.3, 0.4) is 0 Å². The molecule has 0 atom stereocenters. The Morgan fingerprint density at radius 1 is 1.30 bits per heavy atom. The van der Waals surface area contributed by atoms with Crippen LogP contribution >= 0.6 is 15.9 Å². The average Bonchev–Trinajstić information content (AvgIpc) is 2.38. The van der Waals surface area contributed by atoms with E-state index in [1.54, 1.807) is 0 Å². The second-order valence-electron chi connectivity index (χ2n) is 4.69. The lowest BCUT2D eigenvalue weighted by molar-refractivity contribution is -0.138. The molecule has 0 radical (unpaired) electrons. The van der Waals surface area contributed by atoms with Crippen LogP contribution in [0.25, 0.3) is 0 Å². The molecule has 1 aliphatic rings. The lowest BCUT2D eigenvalue weighted by Gasteiger charge is -2.24. The van der Waals surface area contributed by atoms with E-state index >= 15 is 0 Å². The average molecular weight is 351 g/mol. The van der Waals surface area contributed by atoms with Crippen LogP contribution in [-0.4, -0.2) is 25.0 Å². The SMILES string of the molecule is O=C(NC1CCNCC1)c1ccc(Br)cc1C(F)(F)F. The first kappa shape index (κ1) is 15.3. The molecule has 1 aromatic carbocycles. The normalized spacial score (nSPS) is 17.0. The van der Waals surface area contributed by atoms with Gasteiger partial charge in [-0.1, -0.05) is 15.9 Å². The Labute approximate surface area is 123 Å². The smallest absolute Gasteiger partial charge is 0.349 e. The zero-order chi connectivity index (χ0) is 14.8. The Balaban J connectivity index is 2.20. The molecule has 1 amide bonds. The van der Waals surface area contributed by atoms with Crippen molar-refractivity contribution in [3.05, 3.63) is 33.8 Å². The Kier molecular flexibility index (Phi) is 4.70. The number of benzene rings is 1. The highest BCUT2D eigenvalue weighted by Gasteiger charge is 2.35. The number of hydrogen-bond acceptors (Lipinski definition) is 2. The van der Waals surface area contributed by atoms with Gasteiger partial charge in [-0.15, -0.1) is 0 Å². The van der Waals surface area contributed by atoms with Crippen LogP contribution in [0.5, 0.6) is 0 Å². The van der Waals surface area contributed by atoms with Crippen molar-refractivity contribution >= 4 is 21.8 Å². The third-order valence-corrected chi connectivity index (χ3v) is 3.70. The number of alkyl halides is 3. The molecule has 0 unspecified atom stereocenters. The number of hydrogen-bond donors (Lipinski definition) is 2. The van der Waals surface area contributed by atoms with Crippen LogP contribution < -0.4 is 10.6 Å². The van der Waals surface area contributed by atoms with Crippen molar-refractivity contribution in [3.8, 4) is 0 Å². The Morgan fingerprint density at radius 3 is 2.55 bits per heavy atom. The summed E-state index contributed by atoms with van der Waals surface area (Å²) in [5.74, 6) is -0.670. The Hall–Kier alpha value is -1.08. The Morgan fingerprint density at radius 2 is 1.95 bits per heavy atom. The van der Waals surface area contributed by atoms with Gasteiger partial charge in [-0.2, -0.15) is 13.2 Å². The molecule has 7 heteroatoms. The predicted molar refractivity (Wildman–Crippen MR) is 72.5 cm³/mol. The van der Waals surface area contributed by atoms with Gasteiger partial charge in [-0.25, -0.2) is 0 Å². The van der Waals surface area contributed by atoms with Crippen LogP contribution in [0, 0.1) is 0 Å². The van der Waals surface area contributed by atoms with Crippen LogP contribution in [-0.2, 0) is 6.18 Å². The van der Waals surface area contributed by atoms with Crippen LogP contribution in [0.15, 0.2) is 22.7 Å². The number of piperidine rings is 1. The van der Waals surface area contributed by atoms with E-state index in [0.717, 1.165) is 32.0 Å². The molecule has 110 valence electrons. The van der Waals surface area contributed by atoms with Crippen molar-refractivity contribution in [2.75, 3.05) is 13.1 Å². The van der Waals surface area contributed by atoms with E-state index in [0.29, 0.717) is 4.47 Å². The fourth-order valence-corrected chi connectivity index (χ4v) is 2.54. The van der Waals surface area contributed by atoms with Gasteiger partial charge in [0.15, 0.2) is 0 Å². The summed E-state index contributed by atoms with van der Waals surface area (Å²) in [5, 5.41) is 5.81. The van der Waals surface area contributed by atoms with Gasteiger partial charge < -0.3 is 10.6 Å². The summed E-state index contributed by atoms with van der Waals surface area (Å²) < 4.78 is 39.2. The molecule has 3 nitrogen and oxygen atoms in total. The maximum atomic E-state index is 13.0. The molecule has 1 fully saturated rings. The van der Waals surface area contributed by atoms with E-state index in [2.05, 4.69) is 26.6 Å². The minimum Gasteiger partial charge on any atom is -0.349 e. The lowest BCUT2D eigenvalue weighted by Crippen LogP contribution is -2.43. The molecule has 0 bridgehead atoms. The van der Waals surface area contributed by atoms with Crippen molar-refractivity contribution in [3.63, 3.8) is 0 Å². The molecule has 2 N–H and O–H groups in total. The summed E-state index contributed by atoms with van der Waals surface area (Å²) in [6.07, 6.45) is -3.10. The minimum absolute atomic E-state index is 0.0755. The predicted octanol–water partition coefficient (Wildman–Crippen LogP) is 2.95. The molecular weight excluding hydrogens is 337 g/mol. The van der Waals surface area contributed by atoms with E-state index in [-0.39, 0.29) is 11.6 Å². The highest BCUT2D eigenvalue weighted by Crippen LogP contribution is 2.33. The first-order chi connectivity index (χ1) is 9.38. The zero-order valence-electron chi connectivity index (χ0n) is 10.6. The minimum atomic E-state index is -4.55. The van der Waals surface area contributed by atoms with Gasteiger partial charge in [0.25, 0.3) is 5.91 Å². The first-order valence-electron chi connectivity index (χ1n) is 6.26. The largest absolute Gasteiger partial charge is 0.417 e. The van der Waals surface area contributed by atoms with E-state index in [1.165, 1.54) is 12.1 Å². The fraction of sp³-hybridized carbons (Fsp3) is 0.462. The number of nitrogens with one attached hydrogen (secondary N) is 2. The lowest BCUT2D eigenvalue weighted by atomic mass is 10.0. The summed E-state index contributed by atoms with van der Waals surface area (Å²) in [7, 11) is 0. The highest BCUT2D eigenvalue weighted by atomic mass is 79.9. The standard InChI is InChI=1S/C13H14BrF3N2O/c14-8-1-2-10(11(7-8)13(15,16)17)12(20)19-9-3-5-18-6-4-9/h1-2,7,9,18H,3-6H2,(H,19,20). The number of rotatable bonds is 2. The number of halogens is 4. The molecule has 1 aliphatic heterocycles. The van der Waals surface area contributed by atoms with E-state index < -0.39 is 17.6 Å². The number of carbonyl (C=O) groups excluding carboxylic acids is 1. The molecular formula is C13H14BrF3N2O. The van der Waals surface area contributed by atoms with Gasteiger partial charge in [-0.3, -0.25) is 4.79 Å². The highest BCUT2D eigenvalue weighted by molar-refractivity contribution is 9.10. The Bertz CT molecular complexity index is 499. The molecule has 0 saturated carbocycles. The van der Waals surface area contributed by atoms with Crippen molar-refractivity contribution < 1.29 is 18.0 Å². The first-order valence-corrected chi connectivity index (χ1v) is 7.05. The molecule has 1 heterocycles. The van der Waals surface area contributed by atoms with E-state index in [1.807, 2.05) is 0 Å². The van der Waals surface area contributed by atoms with Crippen molar-refractivity contribution in [2.24, 2.45) is 0 Å². The quantitative estimate of drug-likeness (QED) is 0.860. The molecule has 1 aromatic rings. The third-order valence-electron chi connectivity index (χ3n) is 3.21. The number of amides is 1. The fourth-order valence-electron chi connectivity index (χ4n) is 2.18. The van der Waals surface area contributed by atoms with E-state index in [4.69, 9.17) is 0 Å². The summed E-state index contributed by atoms with van der Waals surface area (Å²) in [6.45, 7) is 1.52. The topological polar surface area (TPSA) is 41.1 Å². The monoisotopic (exact) mass is 350 g/mol. The zero-order valence-corrected chi connectivity index (χ0v) is 12.1. The summed E-state index contributed by atoms with van der Waals surface area (Å²) in [6, 6.07) is 3.49. The van der Waals surface area contributed by atoms with Gasteiger partial charge in [0.1, 0.15) is 0 Å². The second kappa shape index (κ2) is 6.13. The van der Waals surface area contributed by atoms with E-state index in [9.17, 15) is 18.0 Å². The van der Waals surface area contributed by atoms with Gasteiger partial charge in [0.2, 0.25) is 0 Å². The molecule has 2 rings (SSSR count). The number of carbonyl (C=O) groups is 1. The molecule has 0 aromatic heterocycles. The van der Waals surface area contributed by atoms with Crippen LogP contribution in [0.2, 0.25) is 0 Å². The van der Waals surface area contributed by atoms with Crippen molar-refractivity contribution in [2.45, 2.75) is 25.1 Å². The maximum Gasteiger partial charge on any atom is 0.417 e. The molecule has 1 saturated heterocycles. The molecule has 0 spiro atoms. The maximum absolute atomic E-state index is 13.0. The third kappa shape index (κ3) is 3.73. The second-order valence-corrected chi connectivity index (χ2v) is 5.60. The van der Waals surface area contributed by atoms with Gasteiger partial charge in [-0.05, 0) is 44.1 Å². The van der Waals surface area contributed by atoms with Crippen LogP contribution in [0.1, 0.15) is 28.8 Å². The van der Waals surface area contributed by atoms with Gasteiger partial charge >= 0.3 is 6.18 Å². The van der Waals surface area contributed by atoms with Crippen molar-refractivity contribution in [1.29, 1.82) is 0 Å². The molecule has 20 heavy (non-hydrogen) atoms. The summed E-state index contributed by atoms with van der Waals surface area (Å²) in [5.41, 5.74) is -1.25. The van der Waals surface area contributed by atoms with Crippen LogP contribution in [0.4, 0.5) is 13.2 Å². The van der Waals surface area contributed by atoms with Crippen molar-refractivity contribution in [1.82, 2.24) is 10.6 Å². The summed E-state index contributed by atoms with van der Waals surface area (Å²) >= 11 is 3.00. The van der Waals surface area contributed by atoms with Gasteiger partial charge in [0, 0.05) is 10.5 Å². The van der Waals surface area contributed by atoms with Gasteiger partial charge in [0.05, 0.1) is 11.1 Å². The molecule has 0 aliphatic carbocycles. The summed E-state index contributed by atoms with van der Waals surface area (Å²) in [4.78, 5) is 12.0.